The molecule has 0 unspecified atom stereocenters. The smallest absolute Gasteiger partial charge is 0.240 e. The minimum atomic E-state index is -3.45. The quantitative estimate of drug-likeness (QED) is 0.722. The van der Waals surface area contributed by atoms with Gasteiger partial charge in [0.1, 0.15) is 0 Å². The van der Waals surface area contributed by atoms with E-state index in [0.29, 0.717) is 23.4 Å². The van der Waals surface area contributed by atoms with Crippen molar-refractivity contribution in [2.45, 2.75) is 30.5 Å². The van der Waals surface area contributed by atoms with Gasteiger partial charge in [-0.15, -0.1) is 0 Å². The van der Waals surface area contributed by atoms with Crippen molar-refractivity contribution in [3.63, 3.8) is 0 Å². The van der Waals surface area contributed by atoms with E-state index in [1.54, 1.807) is 31.4 Å². The summed E-state index contributed by atoms with van der Waals surface area (Å²) in [5.74, 6) is 0. The number of hydrogen-bond acceptors (Lipinski definition) is 3. The summed E-state index contributed by atoms with van der Waals surface area (Å²) in [4.78, 5) is 0.296. The van der Waals surface area contributed by atoms with Crippen LogP contribution in [0.1, 0.15) is 25.8 Å². The van der Waals surface area contributed by atoms with Crippen molar-refractivity contribution >= 4 is 26.0 Å². The standard InChI is InChI=1S/C14H22BrNO3S/c1-14(2,8-9-19-3)11-16-20(17,18)13-6-4-12(10-15)5-7-13/h4-7,16H,8-11H2,1-3H3. The van der Waals surface area contributed by atoms with Gasteiger partial charge in [-0.1, -0.05) is 41.9 Å². The molecule has 0 aliphatic heterocycles. The highest BCUT2D eigenvalue weighted by Crippen LogP contribution is 2.20. The van der Waals surface area contributed by atoms with Crippen LogP contribution in [-0.4, -0.2) is 28.7 Å². The molecule has 0 spiro atoms. The normalized spacial score (nSPS) is 12.6. The third kappa shape index (κ3) is 5.52. The second-order valence-corrected chi connectivity index (χ2v) is 7.84. The molecule has 1 rings (SSSR count). The molecule has 0 aliphatic carbocycles. The van der Waals surface area contributed by atoms with Crippen LogP contribution in [0.15, 0.2) is 29.2 Å². The fourth-order valence-electron chi connectivity index (χ4n) is 1.60. The molecular weight excluding hydrogens is 342 g/mol. The van der Waals surface area contributed by atoms with E-state index in [2.05, 4.69) is 20.7 Å². The van der Waals surface area contributed by atoms with Crippen LogP contribution < -0.4 is 4.72 Å². The molecular formula is C14H22BrNO3S. The second-order valence-electron chi connectivity index (χ2n) is 5.51. The zero-order valence-electron chi connectivity index (χ0n) is 12.1. The number of halogens is 1. The fraction of sp³-hybridized carbons (Fsp3) is 0.571. The number of alkyl halides is 1. The van der Waals surface area contributed by atoms with E-state index >= 15 is 0 Å². The number of sulfonamides is 1. The first kappa shape index (κ1) is 17.6. The summed E-state index contributed by atoms with van der Waals surface area (Å²) >= 11 is 3.34. The Morgan fingerprint density at radius 1 is 1.25 bits per heavy atom. The highest BCUT2D eigenvalue weighted by molar-refractivity contribution is 9.08. The van der Waals surface area contributed by atoms with Crippen molar-refractivity contribution in [1.29, 1.82) is 0 Å². The van der Waals surface area contributed by atoms with Crippen molar-refractivity contribution in [1.82, 2.24) is 4.72 Å². The van der Waals surface area contributed by atoms with Gasteiger partial charge in [0.15, 0.2) is 0 Å². The van der Waals surface area contributed by atoms with Crippen molar-refractivity contribution in [2.24, 2.45) is 5.41 Å². The van der Waals surface area contributed by atoms with Crippen LogP contribution in [0.2, 0.25) is 0 Å². The molecule has 0 aromatic heterocycles. The van der Waals surface area contributed by atoms with Gasteiger partial charge in [-0.2, -0.15) is 0 Å². The van der Waals surface area contributed by atoms with Crippen LogP contribution in [0.25, 0.3) is 0 Å². The third-order valence-corrected chi connectivity index (χ3v) is 5.18. The molecule has 1 N–H and O–H groups in total. The molecule has 0 saturated heterocycles. The van der Waals surface area contributed by atoms with Gasteiger partial charge in [-0.3, -0.25) is 0 Å². The Morgan fingerprint density at radius 3 is 2.35 bits per heavy atom. The highest BCUT2D eigenvalue weighted by Gasteiger charge is 2.22. The van der Waals surface area contributed by atoms with Gasteiger partial charge < -0.3 is 4.74 Å². The maximum Gasteiger partial charge on any atom is 0.240 e. The van der Waals surface area contributed by atoms with Crippen LogP contribution >= 0.6 is 15.9 Å². The van der Waals surface area contributed by atoms with Crippen molar-refractivity contribution in [3.8, 4) is 0 Å². The van der Waals surface area contributed by atoms with Gasteiger partial charge in [0.05, 0.1) is 4.90 Å². The molecule has 6 heteroatoms. The lowest BCUT2D eigenvalue weighted by atomic mass is 9.90. The molecule has 0 bridgehead atoms. The first-order chi connectivity index (χ1) is 9.30. The summed E-state index contributed by atoms with van der Waals surface area (Å²) in [5.41, 5.74) is 0.906. The van der Waals surface area contributed by atoms with Gasteiger partial charge in [0.25, 0.3) is 0 Å². The van der Waals surface area contributed by atoms with Gasteiger partial charge in [-0.25, -0.2) is 13.1 Å². The van der Waals surface area contributed by atoms with Gasteiger partial charge in [0, 0.05) is 25.6 Å². The van der Waals surface area contributed by atoms with Crippen LogP contribution in [0.3, 0.4) is 0 Å². The van der Waals surface area contributed by atoms with Crippen LogP contribution in [0.4, 0.5) is 0 Å². The zero-order valence-corrected chi connectivity index (χ0v) is 14.6. The molecule has 4 nitrogen and oxygen atoms in total. The average molecular weight is 364 g/mol. The average Bonchev–Trinajstić information content (AvgIpc) is 2.43. The lowest BCUT2D eigenvalue weighted by Crippen LogP contribution is -2.34. The summed E-state index contributed by atoms with van der Waals surface area (Å²) in [5, 5.41) is 0.713. The number of hydrogen-bond donors (Lipinski definition) is 1. The van der Waals surface area contributed by atoms with Crippen molar-refractivity contribution in [3.05, 3.63) is 29.8 Å². The Bertz CT molecular complexity index is 512. The number of nitrogens with one attached hydrogen (secondary N) is 1. The SMILES string of the molecule is COCCC(C)(C)CNS(=O)(=O)c1ccc(CBr)cc1. The molecule has 0 aliphatic rings. The van der Waals surface area contributed by atoms with E-state index in [1.165, 1.54) is 0 Å². The molecule has 1 aromatic carbocycles. The summed E-state index contributed by atoms with van der Waals surface area (Å²) < 4.78 is 32.1. The van der Waals surface area contributed by atoms with Crippen molar-refractivity contribution < 1.29 is 13.2 Å². The molecule has 0 radical (unpaired) electrons. The number of benzene rings is 1. The lowest BCUT2D eigenvalue weighted by molar-refractivity contribution is 0.153. The Labute approximate surface area is 130 Å². The van der Waals surface area contributed by atoms with Crippen LogP contribution in [-0.2, 0) is 20.1 Å². The minimum absolute atomic E-state index is 0.140. The molecule has 0 saturated carbocycles. The van der Waals surface area contributed by atoms with E-state index in [9.17, 15) is 8.42 Å². The zero-order chi connectivity index (χ0) is 15.2. The predicted molar refractivity (Wildman–Crippen MR) is 84.5 cm³/mol. The maximum atomic E-state index is 12.2. The van der Waals surface area contributed by atoms with E-state index in [-0.39, 0.29) is 5.41 Å². The Kier molecular flexibility index (Phi) is 6.64. The van der Waals surface area contributed by atoms with Gasteiger partial charge >= 0.3 is 0 Å². The molecule has 0 amide bonds. The topological polar surface area (TPSA) is 55.4 Å². The Morgan fingerprint density at radius 2 is 1.85 bits per heavy atom. The monoisotopic (exact) mass is 363 g/mol. The molecule has 0 atom stereocenters. The predicted octanol–water partition coefficient (Wildman–Crippen LogP) is 2.92. The van der Waals surface area contributed by atoms with E-state index in [4.69, 9.17) is 4.74 Å². The number of ether oxygens (including phenoxy) is 1. The Hall–Kier alpha value is -0.430. The number of methoxy groups -OCH3 is 1. The Balaban J connectivity index is 2.69. The van der Waals surface area contributed by atoms with Crippen molar-refractivity contribution in [2.75, 3.05) is 20.3 Å². The summed E-state index contributed by atoms with van der Waals surface area (Å²) in [7, 11) is -1.81. The largest absolute Gasteiger partial charge is 0.385 e. The van der Waals surface area contributed by atoms with E-state index in [0.717, 1.165) is 12.0 Å². The third-order valence-electron chi connectivity index (χ3n) is 3.11. The second kappa shape index (κ2) is 7.54. The summed E-state index contributed by atoms with van der Waals surface area (Å²) in [6.45, 7) is 5.04. The first-order valence-electron chi connectivity index (χ1n) is 6.44. The summed E-state index contributed by atoms with van der Waals surface area (Å²) in [6.07, 6.45) is 0.800. The minimum Gasteiger partial charge on any atom is -0.385 e. The molecule has 1 aromatic rings. The molecule has 114 valence electrons. The van der Waals surface area contributed by atoms with Crippen LogP contribution in [0, 0.1) is 5.41 Å². The van der Waals surface area contributed by atoms with Gasteiger partial charge in [0.2, 0.25) is 10.0 Å². The van der Waals surface area contributed by atoms with Gasteiger partial charge in [-0.05, 0) is 29.5 Å². The molecule has 20 heavy (non-hydrogen) atoms. The molecule has 0 heterocycles. The highest BCUT2D eigenvalue weighted by atomic mass is 79.9. The van der Waals surface area contributed by atoms with E-state index in [1.807, 2.05) is 13.8 Å². The first-order valence-corrected chi connectivity index (χ1v) is 9.05. The van der Waals surface area contributed by atoms with Crippen LogP contribution in [0.5, 0.6) is 0 Å². The summed E-state index contributed by atoms with van der Waals surface area (Å²) in [6, 6.07) is 6.86. The maximum absolute atomic E-state index is 12.2. The van der Waals surface area contributed by atoms with E-state index < -0.39 is 10.0 Å². The lowest BCUT2D eigenvalue weighted by Gasteiger charge is -2.24. The number of rotatable bonds is 8. The molecule has 0 fully saturated rings. The fourth-order valence-corrected chi connectivity index (χ4v) is 3.21.